The second-order valence-corrected chi connectivity index (χ2v) is 5.30. The predicted octanol–water partition coefficient (Wildman–Crippen LogP) is 1.04. The molecule has 4 nitrogen and oxygen atoms in total. The van der Waals surface area contributed by atoms with Gasteiger partial charge in [-0.15, -0.1) is 0 Å². The van der Waals surface area contributed by atoms with Gasteiger partial charge in [0, 0.05) is 38.3 Å². The third-order valence-electron chi connectivity index (χ3n) is 3.65. The van der Waals surface area contributed by atoms with Crippen molar-refractivity contribution >= 4 is 5.91 Å². The van der Waals surface area contributed by atoms with Crippen LogP contribution in [0, 0.1) is 5.92 Å². The molecule has 1 saturated heterocycles. The lowest BCUT2D eigenvalue weighted by Gasteiger charge is -2.35. The number of carbonyl (C=O) groups is 1. The number of nitrogens with zero attached hydrogens (tertiary/aromatic N) is 2. The maximum Gasteiger partial charge on any atom is 0.253 e. The third-order valence-corrected chi connectivity index (χ3v) is 3.65. The summed E-state index contributed by atoms with van der Waals surface area (Å²) >= 11 is 0. The highest BCUT2D eigenvalue weighted by molar-refractivity contribution is 5.94. The highest BCUT2D eigenvalue weighted by Crippen LogP contribution is 2.09. The summed E-state index contributed by atoms with van der Waals surface area (Å²) in [6, 6.07) is 9.51. The van der Waals surface area contributed by atoms with E-state index in [9.17, 15) is 4.79 Å². The molecular weight excluding hydrogens is 238 g/mol. The molecule has 1 heterocycles. The van der Waals surface area contributed by atoms with Gasteiger partial charge >= 0.3 is 0 Å². The van der Waals surface area contributed by atoms with Gasteiger partial charge in [-0.25, -0.2) is 0 Å². The Labute approximate surface area is 115 Å². The molecule has 1 fully saturated rings. The second-order valence-electron chi connectivity index (χ2n) is 5.30. The highest BCUT2D eigenvalue weighted by Gasteiger charge is 2.22. The Morgan fingerprint density at radius 2 is 1.84 bits per heavy atom. The molecule has 1 unspecified atom stereocenters. The van der Waals surface area contributed by atoms with Crippen LogP contribution in [-0.2, 0) is 0 Å². The van der Waals surface area contributed by atoms with Crippen molar-refractivity contribution in [3.05, 3.63) is 35.9 Å². The van der Waals surface area contributed by atoms with E-state index in [-0.39, 0.29) is 5.91 Å². The second kappa shape index (κ2) is 6.68. The summed E-state index contributed by atoms with van der Waals surface area (Å²) in [5.74, 6) is 0.670. The van der Waals surface area contributed by atoms with Gasteiger partial charge in [0.15, 0.2) is 0 Å². The van der Waals surface area contributed by atoms with Crippen LogP contribution < -0.4 is 5.73 Å². The van der Waals surface area contributed by atoms with E-state index in [2.05, 4.69) is 11.8 Å². The Morgan fingerprint density at radius 1 is 1.21 bits per heavy atom. The van der Waals surface area contributed by atoms with E-state index in [1.54, 1.807) is 0 Å². The zero-order chi connectivity index (χ0) is 13.7. The van der Waals surface area contributed by atoms with Crippen LogP contribution in [-0.4, -0.2) is 55.0 Å². The van der Waals surface area contributed by atoms with Gasteiger partial charge in [-0.05, 0) is 24.6 Å². The molecule has 4 heteroatoms. The molecular formula is C15H23N3O. The lowest BCUT2D eigenvalue weighted by atomic mass is 10.1. The largest absolute Gasteiger partial charge is 0.336 e. The van der Waals surface area contributed by atoms with E-state index in [0.29, 0.717) is 5.92 Å². The molecule has 2 rings (SSSR count). The molecule has 0 radical (unpaired) electrons. The minimum absolute atomic E-state index is 0.145. The number of hydrogen-bond acceptors (Lipinski definition) is 3. The van der Waals surface area contributed by atoms with Crippen LogP contribution in [0.25, 0.3) is 0 Å². The number of carbonyl (C=O) groups excluding carboxylic acids is 1. The summed E-state index contributed by atoms with van der Waals surface area (Å²) in [5.41, 5.74) is 6.43. The van der Waals surface area contributed by atoms with Gasteiger partial charge in [0.1, 0.15) is 0 Å². The zero-order valence-corrected chi connectivity index (χ0v) is 11.6. The van der Waals surface area contributed by atoms with Crippen LogP contribution in [0.5, 0.6) is 0 Å². The molecule has 1 aliphatic rings. The van der Waals surface area contributed by atoms with Gasteiger partial charge in [-0.3, -0.25) is 9.69 Å². The summed E-state index contributed by atoms with van der Waals surface area (Å²) in [6.07, 6.45) is 0. The number of piperazine rings is 1. The van der Waals surface area contributed by atoms with Crippen LogP contribution in [0.4, 0.5) is 0 Å². The van der Waals surface area contributed by atoms with Gasteiger partial charge in [0.25, 0.3) is 5.91 Å². The Kier molecular flexibility index (Phi) is 4.93. The molecule has 1 aliphatic heterocycles. The Balaban J connectivity index is 1.85. The minimum Gasteiger partial charge on any atom is -0.336 e. The molecule has 1 atom stereocenters. The fraction of sp³-hybridized carbons (Fsp3) is 0.533. The zero-order valence-electron chi connectivity index (χ0n) is 11.6. The molecule has 0 aromatic heterocycles. The predicted molar refractivity (Wildman–Crippen MR) is 77.0 cm³/mol. The Hall–Kier alpha value is -1.39. The molecule has 1 aromatic carbocycles. The molecule has 0 saturated carbocycles. The van der Waals surface area contributed by atoms with Crippen LogP contribution in [0.15, 0.2) is 30.3 Å². The summed E-state index contributed by atoms with van der Waals surface area (Å²) in [5, 5.41) is 0. The standard InChI is InChI=1S/C15H23N3O/c1-13(11-16)12-17-7-9-18(10-8-17)15(19)14-5-3-2-4-6-14/h2-6,13H,7-12,16H2,1H3. The van der Waals surface area contributed by atoms with Crippen molar-refractivity contribution in [3.8, 4) is 0 Å². The monoisotopic (exact) mass is 261 g/mol. The molecule has 0 bridgehead atoms. The quantitative estimate of drug-likeness (QED) is 0.881. The number of hydrogen-bond donors (Lipinski definition) is 1. The number of amides is 1. The first-order valence-corrected chi connectivity index (χ1v) is 6.97. The first kappa shape index (κ1) is 14.0. The highest BCUT2D eigenvalue weighted by atomic mass is 16.2. The lowest BCUT2D eigenvalue weighted by Crippen LogP contribution is -2.50. The van der Waals surface area contributed by atoms with E-state index in [1.807, 2.05) is 35.2 Å². The molecule has 2 N–H and O–H groups in total. The topological polar surface area (TPSA) is 49.6 Å². The Bertz CT molecular complexity index is 399. The van der Waals surface area contributed by atoms with Crippen molar-refractivity contribution in [2.24, 2.45) is 11.7 Å². The van der Waals surface area contributed by atoms with Crippen molar-refractivity contribution in [3.63, 3.8) is 0 Å². The molecule has 19 heavy (non-hydrogen) atoms. The van der Waals surface area contributed by atoms with E-state index in [4.69, 9.17) is 5.73 Å². The van der Waals surface area contributed by atoms with Crippen LogP contribution in [0.3, 0.4) is 0 Å². The van der Waals surface area contributed by atoms with Crippen LogP contribution >= 0.6 is 0 Å². The summed E-state index contributed by atoms with van der Waals surface area (Å²) in [6.45, 7) is 7.44. The summed E-state index contributed by atoms with van der Waals surface area (Å²) in [7, 11) is 0. The molecule has 104 valence electrons. The fourth-order valence-electron chi connectivity index (χ4n) is 2.41. The SMILES string of the molecule is CC(CN)CN1CCN(C(=O)c2ccccc2)CC1. The van der Waals surface area contributed by atoms with Crippen molar-refractivity contribution in [1.29, 1.82) is 0 Å². The van der Waals surface area contributed by atoms with E-state index in [0.717, 1.165) is 44.8 Å². The summed E-state index contributed by atoms with van der Waals surface area (Å²) in [4.78, 5) is 16.6. The smallest absolute Gasteiger partial charge is 0.253 e. The minimum atomic E-state index is 0.145. The average molecular weight is 261 g/mol. The van der Waals surface area contributed by atoms with Gasteiger partial charge in [0.05, 0.1) is 0 Å². The van der Waals surface area contributed by atoms with Crippen LogP contribution in [0.2, 0.25) is 0 Å². The Morgan fingerprint density at radius 3 is 2.42 bits per heavy atom. The van der Waals surface area contributed by atoms with Crippen molar-refractivity contribution in [2.75, 3.05) is 39.3 Å². The average Bonchev–Trinajstić information content (AvgIpc) is 2.48. The van der Waals surface area contributed by atoms with Gasteiger partial charge < -0.3 is 10.6 Å². The van der Waals surface area contributed by atoms with E-state index >= 15 is 0 Å². The maximum absolute atomic E-state index is 12.3. The normalized spacial score (nSPS) is 18.3. The van der Waals surface area contributed by atoms with Crippen molar-refractivity contribution in [2.45, 2.75) is 6.92 Å². The molecule has 0 spiro atoms. The lowest BCUT2D eigenvalue weighted by molar-refractivity contribution is 0.0622. The summed E-state index contributed by atoms with van der Waals surface area (Å²) < 4.78 is 0. The molecule has 1 aromatic rings. The fourth-order valence-corrected chi connectivity index (χ4v) is 2.41. The first-order chi connectivity index (χ1) is 9.20. The van der Waals surface area contributed by atoms with Crippen LogP contribution in [0.1, 0.15) is 17.3 Å². The van der Waals surface area contributed by atoms with Crippen molar-refractivity contribution in [1.82, 2.24) is 9.80 Å². The van der Waals surface area contributed by atoms with E-state index in [1.165, 1.54) is 0 Å². The van der Waals surface area contributed by atoms with Crippen molar-refractivity contribution < 1.29 is 4.79 Å². The maximum atomic E-state index is 12.3. The molecule has 1 amide bonds. The molecule has 0 aliphatic carbocycles. The number of rotatable bonds is 4. The van der Waals surface area contributed by atoms with Gasteiger partial charge in [0.2, 0.25) is 0 Å². The van der Waals surface area contributed by atoms with Gasteiger partial charge in [-0.1, -0.05) is 25.1 Å². The number of benzene rings is 1. The van der Waals surface area contributed by atoms with Gasteiger partial charge in [-0.2, -0.15) is 0 Å². The van der Waals surface area contributed by atoms with E-state index < -0.39 is 0 Å². The number of nitrogens with two attached hydrogens (primary N) is 1. The third kappa shape index (κ3) is 3.78. The first-order valence-electron chi connectivity index (χ1n) is 6.97.